The first-order valence-corrected chi connectivity index (χ1v) is 9.28. The Kier molecular flexibility index (Phi) is 6.17. The van der Waals surface area contributed by atoms with Gasteiger partial charge < -0.3 is 15.8 Å². The lowest BCUT2D eigenvalue weighted by Gasteiger charge is -2.36. The number of carbonyl (C=O) groups is 1. The van der Waals surface area contributed by atoms with Gasteiger partial charge in [-0.05, 0) is 25.1 Å². The zero-order chi connectivity index (χ0) is 24.8. The second-order valence-electron chi connectivity index (χ2n) is 7.10. The molecule has 178 valence electrons. The predicted molar refractivity (Wildman–Crippen MR) is 101 cm³/mol. The molecule has 3 rings (SSSR count). The predicted octanol–water partition coefficient (Wildman–Crippen LogP) is 4.42. The summed E-state index contributed by atoms with van der Waals surface area (Å²) in [5.74, 6) is -2.51. The maximum Gasteiger partial charge on any atom is 0.417 e. The molecule has 0 saturated heterocycles. The van der Waals surface area contributed by atoms with Crippen LogP contribution < -0.4 is 11.1 Å². The molecular weight excluding hydrogens is 487 g/mol. The quantitative estimate of drug-likeness (QED) is 0.609. The molecule has 1 aliphatic rings. The number of carbonyl (C=O) groups excluding carboxylic acids is 1. The Balaban J connectivity index is 1.90. The number of anilines is 1. The van der Waals surface area contributed by atoms with Gasteiger partial charge in [-0.25, -0.2) is 19.4 Å². The highest BCUT2D eigenvalue weighted by Crippen LogP contribution is 2.40. The van der Waals surface area contributed by atoms with Gasteiger partial charge in [-0.15, -0.1) is 0 Å². The Bertz CT molecular complexity index is 1120. The van der Waals surface area contributed by atoms with E-state index in [4.69, 9.17) is 22.1 Å². The maximum atomic E-state index is 14.5. The fourth-order valence-electron chi connectivity index (χ4n) is 3.02. The first-order valence-electron chi connectivity index (χ1n) is 8.90. The average Bonchev–Trinajstić information content (AvgIpc) is 2.67. The summed E-state index contributed by atoms with van der Waals surface area (Å²) in [5.41, 5.74) is 0.953. The zero-order valence-corrected chi connectivity index (χ0v) is 17.1. The van der Waals surface area contributed by atoms with E-state index >= 15 is 0 Å². The summed E-state index contributed by atoms with van der Waals surface area (Å²) < 4.78 is 97.3. The molecule has 0 aromatic carbocycles. The molecule has 15 heteroatoms. The lowest BCUT2D eigenvalue weighted by atomic mass is 9.91. The Hall–Kier alpha value is -3.16. The molecule has 1 amide bonds. The maximum absolute atomic E-state index is 14.5. The number of alkyl halides is 6. The van der Waals surface area contributed by atoms with Crippen LogP contribution in [-0.4, -0.2) is 34.1 Å². The third-order valence-corrected chi connectivity index (χ3v) is 4.83. The van der Waals surface area contributed by atoms with E-state index < -0.39 is 70.1 Å². The van der Waals surface area contributed by atoms with Crippen molar-refractivity contribution in [3.05, 3.63) is 52.2 Å². The summed E-state index contributed by atoms with van der Waals surface area (Å²) in [6, 6.07) is -0.852. The summed E-state index contributed by atoms with van der Waals surface area (Å²) in [6.45, 7) is 1.11. The number of aromatic nitrogens is 2. The van der Waals surface area contributed by atoms with E-state index in [1.165, 1.54) is 0 Å². The van der Waals surface area contributed by atoms with Crippen LogP contribution in [0, 0.1) is 5.82 Å². The summed E-state index contributed by atoms with van der Waals surface area (Å²) in [5, 5.41) is 1.53. The van der Waals surface area contributed by atoms with Crippen molar-refractivity contribution in [2.45, 2.75) is 37.3 Å². The van der Waals surface area contributed by atoms with Crippen molar-refractivity contribution in [2.75, 3.05) is 5.32 Å². The largest absolute Gasteiger partial charge is 0.452 e. The molecule has 0 saturated carbocycles. The number of aliphatic imine (C=N–C) groups is 1. The van der Waals surface area contributed by atoms with E-state index in [1.54, 1.807) is 0 Å². The third kappa shape index (κ3) is 5.26. The topological polar surface area (TPSA) is 102 Å². The molecule has 3 N–H and O–H groups in total. The first-order chi connectivity index (χ1) is 15.1. The average molecular weight is 500 g/mol. The number of ether oxygens (including phenoxy) is 1. The molecule has 0 aliphatic carbocycles. The van der Waals surface area contributed by atoms with Crippen molar-refractivity contribution >= 4 is 29.3 Å². The second kappa shape index (κ2) is 8.32. The van der Waals surface area contributed by atoms with Crippen LogP contribution in [0.1, 0.15) is 35.1 Å². The summed E-state index contributed by atoms with van der Waals surface area (Å²) in [6.07, 6.45) is -10.00. The fourth-order valence-corrected chi connectivity index (χ4v) is 3.27. The van der Waals surface area contributed by atoms with Crippen LogP contribution >= 0.6 is 11.6 Å². The zero-order valence-electron chi connectivity index (χ0n) is 16.4. The number of nitrogens with one attached hydrogen (secondary N) is 1. The minimum Gasteiger partial charge on any atom is -0.452 e. The van der Waals surface area contributed by atoms with Crippen LogP contribution in [0.4, 0.5) is 36.6 Å². The number of amides is 1. The van der Waals surface area contributed by atoms with E-state index in [0.29, 0.717) is 12.3 Å². The summed E-state index contributed by atoms with van der Waals surface area (Å²) in [7, 11) is 0. The number of nitrogens with zero attached hydrogens (tertiary/aromatic N) is 3. The van der Waals surface area contributed by atoms with E-state index in [0.717, 1.165) is 19.1 Å². The lowest BCUT2D eigenvalue weighted by Crippen LogP contribution is -2.46. The fraction of sp³-hybridized carbons (Fsp3) is 0.333. The third-order valence-electron chi connectivity index (χ3n) is 4.55. The second-order valence-corrected chi connectivity index (χ2v) is 7.50. The number of pyridine rings is 2. The molecule has 1 aliphatic heterocycles. The molecule has 0 spiro atoms. The molecule has 3 heterocycles. The van der Waals surface area contributed by atoms with Crippen molar-refractivity contribution in [3.63, 3.8) is 0 Å². The van der Waals surface area contributed by atoms with Crippen LogP contribution in [-0.2, 0) is 16.5 Å². The monoisotopic (exact) mass is 499 g/mol. The van der Waals surface area contributed by atoms with Crippen molar-refractivity contribution in [1.82, 2.24) is 9.97 Å². The van der Waals surface area contributed by atoms with Gasteiger partial charge in [-0.1, -0.05) is 11.6 Å². The van der Waals surface area contributed by atoms with Crippen LogP contribution in [0.5, 0.6) is 0 Å². The smallest absolute Gasteiger partial charge is 0.417 e. The van der Waals surface area contributed by atoms with Crippen molar-refractivity contribution in [3.8, 4) is 0 Å². The van der Waals surface area contributed by atoms with Gasteiger partial charge in [0.05, 0.1) is 10.6 Å². The van der Waals surface area contributed by atoms with Gasteiger partial charge in [0.1, 0.15) is 23.0 Å². The lowest BCUT2D eigenvalue weighted by molar-refractivity contribution is -0.164. The number of hydrogen-bond donors (Lipinski definition) is 2. The summed E-state index contributed by atoms with van der Waals surface area (Å²) >= 11 is 5.71. The van der Waals surface area contributed by atoms with Gasteiger partial charge in [0.2, 0.25) is 0 Å². The molecule has 0 radical (unpaired) electrons. The molecule has 33 heavy (non-hydrogen) atoms. The van der Waals surface area contributed by atoms with Crippen molar-refractivity contribution in [1.29, 1.82) is 0 Å². The van der Waals surface area contributed by atoms with Crippen LogP contribution in [0.2, 0.25) is 5.02 Å². The Morgan fingerprint density at radius 1 is 1.27 bits per heavy atom. The van der Waals surface area contributed by atoms with Gasteiger partial charge in [-0.2, -0.15) is 26.3 Å². The minimum atomic E-state index is -4.79. The molecule has 2 aromatic heterocycles. The molecule has 7 nitrogen and oxygen atoms in total. The Morgan fingerprint density at radius 2 is 1.94 bits per heavy atom. The molecule has 2 aromatic rings. The van der Waals surface area contributed by atoms with Gasteiger partial charge in [0, 0.05) is 12.6 Å². The minimum absolute atomic E-state index is 0.358. The van der Waals surface area contributed by atoms with E-state index in [1.807, 2.05) is 0 Å². The highest BCUT2D eigenvalue weighted by molar-refractivity contribution is 6.34. The van der Waals surface area contributed by atoms with Gasteiger partial charge in [0.15, 0.2) is 11.6 Å². The van der Waals surface area contributed by atoms with Crippen LogP contribution in [0.15, 0.2) is 29.4 Å². The Labute approximate surface area is 185 Å². The van der Waals surface area contributed by atoms with Gasteiger partial charge in [-0.3, -0.25) is 4.79 Å². The van der Waals surface area contributed by atoms with Crippen LogP contribution in [0.25, 0.3) is 0 Å². The molecule has 0 unspecified atom stereocenters. The van der Waals surface area contributed by atoms with E-state index in [9.17, 15) is 35.5 Å². The van der Waals surface area contributed by atoms with Crippen LogP contribution in [0.3, 0.4) is 0 Å². The first kappa shape index (κ1) is 24.5. The number of hydrogen-bond acceptors (Lipinski definition) is 6. The van der Waals surface area contributed by atoms with Gasteiger partial charge >= 0.3 is 12.4 Å². The number of rotatable bonds is 3. The Morgan fingerprint density at radius 3 is 2.52 bits per heavy atom. The molecule has 0 fully saturated rings. The summed E-state index contributed by atoms with van der Waals surface area (Å²) in [4.78, 5) is 22.8. The molecule has 0 bridgehead atoms. The van der Waals surface area contributed by atoms with Gasteiger partial charge in [0.25, 0.3) is 11.9 Å². The van der Waals surface area contributed by atoms with Crippen molar-refractivity contribution < 1.29 is 40.3 Å². The highest BCUT2D eigenvalue weighted by Gasteiger charge is 2.50. The van der Waals surface area contributed by atoms with Crippen molar-refractivity contribution in [2.24, 2.45) is 10.7 Å². The van der Waals surface area contributed by atoms with E-state index in [-0.39, 0.29) is 5.82 Å². The standard InChI is InChI=1S/C18H13ClF7N5O2/c1-16(5-10(18(24,25)26)29-15(27)33-16)13-9(20)2-3-11(30-13)31-14(32)12-8(19)4-7(6-28-12)17(21,22)23/h2-4,6,10H,5H2,1H3,(H2,27,29)(H,30,31,32)/t10-,16-/m0/s1. The SMILES string of the molecule is C[C@@]1(c2nc(NC(=O)c3ncc(C(F)(F)F)cc3Cl)ccc2F)C[C@@H](C(F)(F)F)N=C(N)O1. The number of halogens is 8. The number of amidine groups is 1. The number of nitrogens with two attached hydrogens (primary N) is 1. The molecule has 2 atom stereocenters. The normalized spacial score (nSPS) is 21.2. The molecular formula is C18H13ClF7N5O2. The van der Waals surface area contributed by atoms with E-state index in [2.05, 4.69) is 20.3 Å². The highest BCUT2D eigenvalue weighted by atomic mass is 35.5.